The van der Waals surface area contributed by atoms with Crippen molar-refractivity contribution in [1.82, 2.24) is 20.1 Å². The van der Waals surface area contributed by atoms with E-state index in [9.17, 15) is 4.79 Å². The minimum absolute atomic E-state index is 0.0445. The van der Waals surface area contributed by atoms with Crippen LogP contribution in [0.3, 0.4) is 0 Å². The fraction of sp³-hybridized carbons (Fsp3) is 0.400. The van der Waals surface area contributed by atoms with Crippen LogP contribution >= 0.6 is 0 Å². The first-order valence-corrected chi connectivity index (χ1v) is 8.91. The smallest absolute Gasteiger partial charge is 0.317 e. The number of carbonyl (C=O) groups is 1. The van der Waals surface area contributed by atoms with E-state index in [0.717, 1.165) is 18.7 Å². The number of benzene rings is 1. The third kappa shape index (κ3) is 4.79. The number of aromatic nitrogens is 1. The zero-order valence-corrected chi connectivity index (χ0v) is 14.8. The third-order valence-corrected chi connectivity index (χ3v) is 4.73. The number of urea groups is 1. The zero-order chi connectivity index (χ0) is 17.5. The van der Waals surface area contributed by atoms with E-state index in [1.54, 1.807) is 17.3 Å². The molecular formula is C20H26N4O. The van der Waals surface area contributed by atoms with Crippen molar-refractivity contribution in [3.8, 4) is 0 Å². The van der Waals surface area contributed by atoms with Crippen LogP contribution in [-0.4, -0.2) is 47.5 Å². The highest BCUT2D eigenvalue weighted by Gasteiger charge is 2.24. The molecule has 3 rings (SSSR count). The first-order chi connectivity index (χ1) is 12.2. The van der Waals surface area contributed by atoms with Gasteiger partial charge in [-0.2, -0.15) is 0 Å². The molecule has 1 saturated heterocycles. The number of hydrogen-bond donors (Lipinski definition) is 1. The van der Waals surface area contributed by atoms with Gasteiger partial charge in [0.05, 0.1) is 6.04 Å². The maximum Gasteiger partial charge on any atom is 0.317 e. The normalized spacial score (nSPS) is 15.7. The van der Waals surface area contributed by atoms with E-state index in [1.807, 2.05) is 25.2 Å². The molecule has 25 heavy (non-hydrogen) atoms. The van der Waals surface area contributed by atoms with E-state index in [2.05, 4.69) is 39.5 Å². The Morgan fingerprint density at radius 3 is 2.52 bits per heavy atom. The lowest BCUT2D eigenvalue weighted by Gasteiger charge is -2.29. The Morgan fingerprint density at radius 1 is 1.16 bits per heavy atom. The van der Waals surface area contributed by atoms with Crippen molar-refractivity contribution in [2.75, 3.05) is 26.7 Å². The predicted octanol–water partition coefficient (Wildman–Crippen LogP) is 3.06. The van der Waals surface area contributed by atoms with Crippen LogP contribution in [0, 0.1) is 0 Å². The van der Waals surface area contributed by atoms with Gasteiger partial charge >= 0.3 is 6.03 Å². The molecule has 1 unspecified atom stereocenters. The van der Waals surface area contributed by atoms with Gasteiger partial charge in [0.2, 0.25) is 0 Å². The molecular weight excluding hydrogens is 312 g/mol. The van der Waals surface area contributed by atoms with Crippen molar-refractivity contribution in [3.63, 3.8) is 0 Å². The summed E-state index contributed by atoms with van der Waals surface area (Å²) in [6.45, 7) is 3.40. The molecule has 1 aromatic heterocycles. The van der Waals surface area contributed by atoms with Gasteiger partial charge in [0.25, 0.3) is 0 Å². The number of likely N-dealkylation sites (tertiary alicyclic amines) is 1. The molecule has 0 spiro atoms. The summed E-state index contributed by atoms with van der Waals surface area (Å²) >= 11 is 0. The Balaban J connectivity index is 1.59. The Hall–Kier alpha value is -2.40. The van der Waals surface area contributed by atoms with Crippen molar-refractivity contribution in [2.24, 2.45) is 0 Å². The maximum atomic E-state index is 12.5. The van der Waals surface area contributed by atoms with Gasteiger partial charge in [-0.3, -0.25) is 9.88 Å². The average Bonchev–Trinajstić information content (AvgIpc) is 3.18. The van der Waals surface area contributed by atoms with Crippen LogP contribution in [0.2, 0.25) is 0 Å². The summed E-state index contributed by atoms with van der Waals surface area (Å²) in [5.74, 6) is 0. The summed E-state index contributed by atoms with van der Waals surface area (Å²) in [5.41, 5.74) is 2.34. The molecule has 1 aliphatic heterocycles. The molecule has 2 heterocycles. The lowest BCUT2D eigenvalue weighted by molar-refractivity contribution is 0.195. The topological polar surface area (TPSA) is 48.5 Å². The molecule has 0 saturated carbocycles. The summed E-state index contributed by atoms with van der Waals surface area (Å²) in [6.07, 6.45) is 5.97. The number of nitrogens with zero attached hydrogens (tertiary/aromatic N) is 3. The van der Waals surface area contributed by atoms with Crippen LogP contribution in [0.4, 0.5) is 4.79 Å². The van der Waals surface area contributed by atoms with Gasteiger partial charge in [-0.1, -0.05) is 30.3 Å². The molecule has 1 N–H and O–H groups in total. The molecule has 0 bridgehead atoms. The Kier molecular flexibility index (Phi) is 6.01. The highest BCUT2D eigenvalue weighted by molar-refractivity contribution is 5.73. The van der Waals surface area contributed by atoms with Gasteiger partial charge in [0, 0.05) is 32.5 Å². The van der Waals surface area contributed by atoms with Crippen LogP contribution in [0.25, 0.3) is 0 Å². The standard InChI is InChI=1S/C20H26N4O/c1-23(16-17-9-11-21-12-10-17)20(25)22-15-19(24-13-5-6-14-24)18-7-3-2-4-8-18/h2-4,7-12,19H,5-6,13-16H2,1H3,(H,22,25). The molecule has 1 fully saturated rings. The van der Waals surface area contributed by atoms with E-state index in [4.69, 9.17) is 0 Å². The summed E-state index contributed by atoms with van der Waals surface area (Å²) in [7, 11) is 1.82. The number of nitrogens with one attached hydrogen (secondary N) is 1. The van der Waals surface area contributed by atoms with Crippen LogP contribution in [0.15, 0.2) is 54.9 Å². The number of rotatable bonds is 6. The minimum Gasteiger partial charge on any atom is -0.336 e. The minimum atomic E-state index is -0.0445. The molecule has 1 aliphatic rings. The number of pyridine rings is 1. The van der Waals surface area contributed by atoms with Gasteiger partial charge < -0.3 is 10.2 Å². The first-order valence-electron chi connectivity index (χ1n) is 8.91. The fourth-order valence-corrected chi connectivity index (χ4v) is 3.34. The maximum absolute atomic E-state index is 12.5. The van der Waals surface area contributed by atoms with Crippen molar-refractivity contribution in [1.29, 1.82) is 0 Å². The Bertz CT molecular complexity index is 656. The average molecular weight is 338 g/mol. The monoisotopic (exact) mass is 338 g/mol. The van der Waals surface area contributed by atoms with E-state index < -0.39 is 0 Å². The second-order valence-corrected chi connectivity index (χ2v) is 6.57. The van der Waals surface area contributed by atoms with E-state index in [1.165, 1.54) is 18.4 Å². The lowest BCUT2D eigenvalue weighted by atomic mass is 10.1. The number of carbonyl (C=O) groups excluding carboxylic acids is 1. The highest BCUT2D eigenvalue weighted by atomic mass is 16.2. The van der Waals surface area contributed by atoms with Crippen molar-refractivity contribution in [3.05, 3.63) is 66.0 Å². The largest absolute Gasteiger partial charge is 0.336 e. The molecule has 5 nitrogen and oxygen atoms in total. The Labute approximate surface area is 149 Å². The van der Waals surface area contributed by atoms with Crippen LogP contribution < -0.4 is 5.32 Å². The van der Waals surface area contributed by atoms with Crippen LogP contribution in [0.5, 0.6) is 0 Å². The predicted molar refractivity (Wildman–Crippen MR) is 99.1 cm³/mol. The molecule has 2 aromatic rings. The third-order valence-electron chi connectivity index (χ3n) is 4.73. The fourth-order valence-electron chi connectivity index (χ4n) is 3.34. The molecule has 0 radical (unpaired) electrons. The zero-order valence-electron chi connectivity index (χ0n) is 14.8. The van der Waals surface area contributed by atoms with Crippen molar-refractivity contribution >= 4 is 6.03 Å². The Morgan fingerprint density at radius 2 is 1.84 bits per heavy atom. The van der Waals surface area contributed by atoms with Gasteiger partial charge in [-0.05, 0) is 49.2 Å². The van der Waals surface area contributed by atoms with Gasteiger partial charge in [0.15, 0.2) is 0 Å². The van der Waals surface area contributed by atoms with E-state index >= 15 is 0 Å². The van der Waals surface area contributed by atoms with E-state index in [-0.39, 0.29) is 12.1 Å². The summed E-state index contributed by atoms with van der Waals surface area (Å²) in [5, 5.41) is 3.11. The summed E-state index contributed by atoms with van der Waals surface area (Å²) in [4.78, 5) is 20.7. The first kappa shape index (κ1) is 17.4. The molecule has 0 aliphatic carbocycles. The number of hydrogen-bond acceptors (Lipinski definition) is 3. The molecule has 5 heteroatoms. The molecule has 132 valence electrons. The van der Waals surface area contributed by atoms with Crippen molar-refractivity contribution in [2.45, 2.75) is 25.4 Å². The second-order valence-electron chi connectivity index (χ2n) is 6.57. The van der Waals surface area contributed by atoms with Gasteiger partial charge in [-0.25, -0.2) is 4.79 Å². The molecule has 1 aromatic carbocycles. The van der Waals surface area contributed by atoms with Crippen LogP contribution in [0.1, 0.15) is 30.0 Å². The van der Waals surface area contributed by atoms with Crippen molar-refractivity contribution < 1.29 is 4.79 Å². The molecule has 1 atom stereocenters. The SMILES string of the molecule is CN(Cc1ccncc1)C(=O)NCC(c1ccccc1)N1CCCC1. The lowest BCUT2D eigenvalue weighted by Crippen LogP contribution is -2.42. The summed E-state index contributed by atoms with van der Waals surface area (Å²) < 4.78 is 0. The molecule has 2 amide bonds. The quantitative estimate of drug-likeness (QED) is 0.881. The second kappa shape index (κ2) is 8.62. The number of amides is 2. The van der Waals surface area contributed by atoms with Gasteiger partial charge in [0.1, 0.15) is 0 Å². The highest BCUT2D eigenvalue weighted by Crippen LogP contribution is 2.24. The van der Waals surface area contributed by atoms with Gasteiger partial charge in [-0.15, -0.1) is 0 Å². The summed E-state index contributed by atoms with van der Waals surface area (Å²) in [6, 6.07) is 14.5. The van der Waals surface area contributed by atoms with Crippen LogP contribution in [-0.2, 0) is 6.54 Å². The van der Waals surface area contributed by atoms with E-state index in [0.29, 0.717) is 13.1 Å².